The SMILES string of the molecule is CCCC[SiH2]NC(C)C. The molecule has 0 bridgehead atoms. The van der Waals surface area contributed by atoms with Crippen LogP contribution in [-0.4, -0.2) is 15.7 Å². The highest BCUT2D eigenvalue weighted by molar-refractivity contribution is 6.32. The largest absolute Gasteiger partial charge is 0.340 e. The van der Waals surface area contributed by atoms with Gasteiger partial charge in [0.25, 0.3) is 0 Å². The van der Waals surface area contributed by atoms with Crippen molar-refractivity contribution in [3.05, 3.63) is 0 Å². The van der Waals surface area contributed by atoms with E-state index in [1.54, 1.807) is 0 Å². The minimum atomic E-state index is 0.103. The van der Waals surface area contributed by atoms with Crippen LogP contribution in [0.15, 0.2) is 0 Å². The van der Waals surface area contributed by atoms with E-state index in [0.29, 0.717) is 6.04 Å². The third-order valence-electron chi connectivity index (χ3n) is 1.33. The van der Waals surface area contributed by atoms with Gasteiger partial charge >= 0.3 is 0 Å². The Morgan fingerprint density at radius 1 is 1.44 bits per heavy atom. The van der Waals surface area contributed by atoms with E-state index in [1.165, 1.54) is 18.9 Å². The minimum Gasteiger partial charge on any atom is -0.340 e. The zero-order chi connectivity index (χ0) is 7.11. The Hall–Kier alpha value is 0.177. The standard InChI is InChI=1S/C7H19NSi/c1-4-5-6-9-8-7(2)3/h7-8H,4-6,9H2,1-3H3. The summed E-state index contributed by atoms with van der Waals surface area (Å²) >= 11 is 0. The van der Waals surface area contributed by atoms with Crippen molar-refractivity contribution in [1.82, 2.24) is 4.98 Å². The summed E-state index contributed by atoms with van der Waals surface area (Å²) < 4.78 is 0. The van der Waals surface area contributed by atoms with Gasteiger partial charge in [0.15, 0.2) is 0 Å². The van der Waals surface area contributed by atoms with Crippen molar-refractivity contribution in [2.45, 2.75) is 45.7 Å². The van der Waals surface area contributed by atoms with Crippen molar-refractivity contribution < 1.29 is 0 Å². The topological polar surface area (TPSA) is 12.0 Å². The molecule has 0 aromatic heterocycles. The average molecular weight is 145 g/mol. The van der Waals surface area contributed by atoms with Gasteiger partial charge in [0.05, 0.1) is 9.68 Å². The van der Waals surface area contributed by atoms with Crippen LogP contribution in [0.5, 0.6) is 0 Å². The van der Waals surface area contributed by atoms with Gasteiger partial charge in [-0.3, -0.25) is 0 Å². The van der Waals surface area contributed by atoms with Crippen molar-refractivity contribution in [3.8, 4) is 0 Å². The lowest BCUT2D eigenvalue weighted by molar-refractivity contribution is 0.743. The Balaban J connectivity index is 2.75. The second-order valence-electron chi connectivity index (χ2n) is 2.82. The van der Waals surface area contributed by atoms with Crippen molar-refractivity contribution in [1.29, 1.82) is 0 Å². The zero-order valence-electron chi connectivity index (χ0n) is 6.91. The molecule has 0 heterocycles. The summed E-state index contributed by atoms with van der Waals surface area (Å²) in [7, 11) is 0.103. The summed E-state index contributed by atoms with van der Waals surface area (Å²) in [6.45, 7) is 6.70. The fourth-order valence-electron chi connectivity index (χ4n) is 0.766. The number of rotatable bonds is 5. The normalized spacial score (nSPS) is 12.0. The van der Waals surface area contributed by atoms with Gasteiger partial charge in [-0.1, -0.05) is 33.6 Å². The van der Waals surface area contributed by atoms with Crippen LogP contribution in [0.4, 0.5) is 0 Å². The molecule has 0 spiro atoms. The Labute approximate surface area is 61.1 Å². The third-order valence-corrected chi connectivity index (χ3v) is 3.29. The predicted octanol–water partition coefficient (Wildman–Crippen LogP) is 1.29. The van der Waals surface area contributed by atoms with Gasteiger partial charge in [-0.25, -0.2) is 0 Å². The number of hydrogen-bond donors (Lipinski definition) is 1. The molecule has 0 atom stereocenters. The molecular formula is C7H19NSi. The summed E-state index contributed by atoms with van der Waals surface area (Å²) in [5.74, 6) is 0. The van der Waals surface area contributed by atoms with E-state index in [1.807, 2.05) is 0 Å². The smallest absolute Gasteiger partial charge is 0.0918 e. The maximum absolute atomic E-state index is 3.52. The molecule has 0 aliphatic rings. The molecule has 0 aliphatic carbocycles. The summed E-state index contributed by atoms with van der Waals surface area (Å²) in [4.78, 5) is 3.52. The van der Waals surface area contributed by atoms with Crippen molar-refractivity contribution >= 4 is 9.68 Å². The molecular weight excluding hydrogens is 126 g/mol. The van der Waals surface area contributed by atoms with Gasteiger partial charge < -0.3 is 4.98 Å². The number of hydrogen-bond acceptors (Lipinski definition) is 1. The van der Waals surface area contributed by atoms with E-state index in [9.17, 15) is 0 Å². The van der Waals surface area contributed by atoms with Crippen LogP contribution in [0, 0.1) is 0 Å². The number of nitrogens with one attached hydrogen (secondary N) is 1. The van der Waals surface area contributed by atoms with Crippen LogP contribution < -0.4 is 4.98 Å². The van der Waals surface area contributed by atoms with Gasteiger partial charge in [-0.05, 0) is 12.1 Å². The fourth-order valence-corrected chi connectivity index (χ4v) is 2.30. The molecule has 0 rings (SSSR count). The van der Waals surface area contributed by atoms with Gasteiger partial charge in [-0.15, -0.1) is 0 Å². The molecule has 0 saturated carbocycles. The monoisotopic (exact) mass is 145 g/mol. The van der Waals surface area contributed by atoms with E-state index >= 15 is 0 Å². The van der Waals surface area contributed by atoms with Crippen LogP contribution in [0.3, 0.4) is 0 Å². The molecule has 56 valence electrons. The van der Waals surface area contributed by atoms with Gasteiger partial charge in [0.1, 0.15) is 0 Å². The molecule has 0 unspecified atom stereocenters. The van der Waals surface area contributed by atoms with Crippen LogP contribution in [0.1, 0.15) is 33.6 Å². The molecule has 0 aromatic rings. The average Bonchev–Trinajstić information content (AvgIpc) is 1.80. The van der Waals surface area contributed by atoms with Crippen LogP contribution in [0.2, 0.25) is 6.04 Å². The lowest BCUT2D eigenvalue weighted by atomic mass is 10.4. The lowest BCUT2D eigenvalue weighted by Gasteiger charge is -2.05. The van der Waals surface area contributed by atoms with E-state index in [2.05, 4.69) is 25.8 Å². The summed E-state index contributed by atoms with van der Waals surface area (Å²) in [5, 5.41) is 0. The Kier molecular flexibility index (Phi) is 6.42. The highest BCUT2D eigenvalue weighted by atomic mass is 28.2. The van der Waals surface area contributed by atoms with Gasteiger partial charge in [-0.2, -0.15) is 0 Å². The molecule has 0 saturated heterocycles. The van der Waals surface area contributed by atoms with Gasteiger partial charge in [0, 0.05) is 0 Å². The second-order valence-corrected chi connectivity index (χ2v) is 4.43. The lowest BCUT2D eigenvalue weighted by Crippen LogP contribution is -2.26. The van der Waals surface area contributed by atoms with E-state index in [4.69, 9.17) is 0 Å². The first-order chi connectivity index (χ1) is 4.27. The zero-order valence-corrected chi connectivity index (χ0v) is 8.32. The first kappa shape index (κ1) is 9.18. The predicted molar refractivity (Wildman–Crippen MR) is 46.5 cm³/mol. The Morgan fingerprint density at radius 3 is 2.56 bits per heavy atom. The van der Waals surface area contributed by atoms with E-state index in [0.717, 1.165) is 0 Å². The fraction of sp³-hybridized carbons (Fsp3) is 1.00. The van der Waals surface area contributed by atoms with Crippen LogP contribution in [-0.2, 0) is 0 Å². The van der Waals surface area contributed by atoms with Crippen molar-refractivity contribution in [2.24, 2.45) is 0 Å². The first-order valence-electron chi connectivity index (χ1n) is 4.00. The summed E-state index contributed by atoms with van der Waals surface area (Å²) in [5.41, 5.74) is 0. The third kappa shape index (κ3) is 8.18. The summed E-state index contributed by atoms with van der Waals surface area (Å²) in [6, 6.07) is 2.18. The Bertz CT molecular complexity index is 54.9. The van der Waals surface area contributed by atoms with Crippen LogP contribution in [0.25, 0.3) is 0 Å². The molecule has 2 heteroatoms. The molecule has 0 aliphatic heterocycles. The maximum Gasteiger partial charge on any atom is 0.0918 e. The highest BCUT2D eigenvalue weighted by Gasteiger charge is 1.90. The quantitative estimate of drug-likeness (QED) is 0.454. The van der Waals surface area contributed by atoms with E-state index < -0.39 is 0 Å². The molecule has 0 radical (unpaired) electrons. The molecule has 1 N–H and O–H groups in total. The Morgan fingerprint density at radius 2 is 2.11 bits per heavy atom. The van der Waals surface area contributed by atoms with Gasteiger partial charge in [0.2, 0.25) is 0 Å². The highest BCUT2D eigenvalue weighted by Crippen LogP contribution is 1.91. The molecule has 1 nitrogen and oxygen atoms in total. The molecule has 9 heavy (non-hydrogen) atoms. The molecule has 0 amide bonds. The summed E-state index contributed by atoms with van der Waals surface area (Å²) in [6.07, 6.45) is 2.78. The first-order valence-corrected chi connectivity index (χ1v) is 5.71. The maximum atomic E-state index is 3.52. The second kappa shape index (κ2) is 6.30. The van der Waals surface area contributed by atoms with E-state index in [-0.39, 0.29) is 9.68 Å². The minimum absolute atomic E-state index is 0.103. The molecule has 0 fully saturated rings. The van der Waals surface area contributed by atoms with Crippen molar-refractivity contribution in [3.63, 3.8) is 0 Å². The van der Waals surface area contributed by atoms with Crippen LogP contribution >= 0.6 is 0 Å². The van der Waals surface area contributed by atoms with Crippen molar-refractivity contribution in [2.75, 3.05) is 0 Å². The molecule has 0 aromatic carbocycles. The number of unbranched alkanes of at least 4 members (excludes halogenated alkanes) is 1.